The molecule has 0 spiro atoms. The van der Waals surface area contributed by atoms with Crippen LogP contribution in [0.4, 0.5) is 0 Å². The Morgan fingerprint density at radius 2 is 2.09 bits per heavy atom. The zero-order valence-corrected chi connectivity index (χ0v) is 7.18. The molecule has 0 aliphatic heterocycles. The molecule has 1 atom stereocenters. The fraction of sp³-hybridized carbons (Fsp3) is 0.889. The second-order valence-electron chi connectivity index (χ2n) is 4.49. The van der Waals surface area contributed by atoms with Crippen molar-refractivity contribution in [1.82, 2.24) is 5.32 Å². The van der Waals surface area contributed by atoms with Gasteiger partial charge >= 0.3 is 0 Å². The smallest absolute Gasteiger partial charge is 0.217 e. The van der Waals surface area contributed by atoms with Crippen molar-refractivity contribution in [3.05, 3.63) is 0 Å². The third kappa shape index (κ3) is 1.05. The number of nitrogens with one attached hydrogen (secondary N) is 1. The predicted octanol–water partition coefficient (Wildman–Crippen LogP) is 1.31. The Hall–Kier alpha value is -0.530. The highest BCUT2D eigenvalue weighted by Gasteiger charge is 2.52. The van der Waals surface area contributed by atoms with E-state index in [-0.39, 0.29) is 5.91 Å². The monoisotopic (exact) mass is 153 g/mol. The second-order valence-corrected chi connectivity index (χ2v) is 4.49. The molecule has 3 rings (SSSR count). The first-order valence-electron chi connectivity index (χ1n) is 4.36. The van der Waals surface area contributed by atoms with Crippen LogP contribution in [0.15, 0.2) is 0 Å². The number of amides is 1. The summed E-state index contributed by atoms with van der Waals surface area (Å²) in [5.41, 5.74) is 0.581. The average Bonchev–Trinajstić information content (AvgIpc) is 2.17. The molecular formula is C9H15NO. The van der Waals surface area contributed by atoms with Gasteiger partial charge in [-0.3, -0.25) is 4.79 Å². The minimum absolute atomic E-state index is 0.131. The topological polar surface area (TPSA) is 29.1 Å². The summed E-state index contributed by atoms with van der Waals surface area (Å²) >= 11 is 0. The van der Waals surface area contributed by atoms with Gasteiger partial charge < -0.3 is 5.32 Å². The average molecular weight is 153 g/mol. The van der Waals surface area contributed by atoms with Crippen LogP contribution in [0.25, 0.3) is 0 Å². The fourth-order valence-corrected chi connectivity index (χ4v) is 2.78. The molecule has 3 aliphatic carbocycles. The number of rotatable bonds is 1. The third-order valence-corrected chi connectivity index (χ3v) is 3.18. The first kappa shape index (κ1) is 7.14. The first-order valence-corrected chi connectivity index (χ1v) is 4.36. The Labute approximate surface area is 67.4 Å². The van der Waals surface area contributed by atoms with Crippen molar-refractivity contribution in [3.8, 4) is 0 Å². The van der Waals surface area contributed by atoms with Crippen LogP contribution in [0, 0.1) is 11.3 Å². The van der Waals surface area contributed by atoms with Crippen molar-refractivity contribution in [1.29, 1.82) is 0 Å². The van der Waals surface area contributed by atoms with E-state index in [9.17, 15) is 4.79 Å². The van der Waals surface area contributed by atoms with Crippen LogP contribution >= 0.6 is 0 Å². The molecule has 62 valence electrons. The number of hydrogen-bond donors (Lipinski definition) is 1. The normalized spacial score (nSPS) is 46.7. The number of carbonyl (C=O) groups is 1. The van der Waals surface area contributed by atoms with Crippen molar-refractivity contribution in [2.24, 2.45) is 11.3 Å². The summed E-state index contributed by atoms with van der Waals surface area (Å²) in [5, 5.41) is 3.02. The molecule has 2 bridgehead atoms. The Kier molecular flexibility index (Phi) is 1.29. The van der Waals surface area contributed by atoms with Crippen molar-refractivity contribution in [3.63, 3.8) is 0 Å². The van der Waals surface area contributed by atoms with Crippen LogP contribution in [-0.4, -0.2) is 11.9 Å². The van der Waals surface area contributed by atoms with E-state index in [1.807, 2.05) is 0 Å². The largest absolute Gasteiger partial charge is 0.353 e. The third-order valence-electron chi connectivity index (χ3n) is 3.18. The van der Waals surface area contributed by atoms with Crippen molar-refractivity contribution >= 4 is 5.91 Å². The van der Waals surface area contributed by atoms with Gasteiger partial charge in [0.2, 0.25) is 5.91 Å². The summed E-state index contributed by atoms with van der Waals surface area (Å²) in [6, 6.07) is 0.498. The number of fused-ring (bicyclic) bond motifs is 1. The molecule has 0 saturated heterocycles. The summed E-state index contributed by atoms with van der Waals surface area (Å²) in [5.74, 6) is 0.926. The molecule has 0 aromatic carbocycles. The van der Waals surface area contributed by atoms with Crippen LogP contribution in [0.1, 0.15) is 33.1 Å². The summed E-state index contributed by atoms with van der Waals surface area (Å²) in [6.45, 7) is 3.93. The molecule has 3 saturated carbocycles. The van der Waals surface area contributed by atoms with Gasteiger partial charge in [0.25, 0.3) is 0 Å². The van der Waals surface area contributed by atoms with Gasteiger partial charge in [-0.15, -0.1) is 0 Å². The molecule has 2 nitrogen and oxygen atoms in total. The molecule has 1 amide bonds. The molecule has 0 aromatic heterocycles. The van der Waals surface area contributed by atoms with Gasteiger partial charge in [-0.05, 0) is 30.6 Å². The molecular weight excluding hydrogens is 138 g/mol. The summed E-state index contributed by atoms with van der Waals surface area (Å²) in [7, 11) is 0. The van der Waals surface area contributed by atoms with Crippen LogP contribution in [-0.2, 0) is 4.79 Å². The van der Waals surface area contributed by atoms with Crippen molar-refractivity contribution in [2.45, 2.75) is 39.2 Å². The maximum absolute atomic E-state index is 10.8. The highest BCUT2D eigenvalue weighted by Crippen LogP contribution is 2.58. The summed E-state index contributed by atoms with van der Waals surface area (Å²) in [6.07, 6.45) is 3.87. The van der Waals surface area contributed by atoms with Gasteiger partial charge in [-0.2, -0.15) is 0 Å². The SMILES string of the molecule is CC(=O)NC1CC2(C)CC1C2. The van der Waals surface area contributed by atoms with E-state index in [2.05, 4.69) is 12.2 Å². The molecule has 3 aliphatic rings. The zero-order valence-electron chi connectivity index (χ0n) is 7.18. The fourth-order valence-electron chi connectivity index (χ4n) is 2.78. The molecule has 11 heavy (non-hydrogen) atoms. The highest BCUT2D eigenvalue weighted by molar-refractivity contribution is 5.73. The van der Waals surface area contributed by atoms with Crippen LogP contribution in [0.3, 0.4) is 0 Å². The quantitative estimate of drug-likeness (QED) is 0.604. The first-order chi connectivity index (χ1) is 5.09. The zero-order chi connectivity index (χ0) is 8.06. The van der Waals surface area contributed by atoms with Gasteiger partial charge in [-0.1, -0.05) is 6.92 Å². The van der Waals surface area contributed by atoms with Crippen LogP contribution < -0.4 is 5.32 Å². The second kappa shape index (κ2) is 1.99. The van der Waals surface area contributed by atoms with Gasteiger partial charge in [0.05, 0.1) is 0 Å². The molecule has 1 unspecified atom stereocenters. The van der Waals surface area contributed by atoms with Gasteiger partial charge in [0, 0.05) is 13.0 Å². The highest BCUT2D eigenvalue weighted by atomic mass is 16.1. The maximum Gasteiger partial charge on any atom is 0.217 e. The Morgan fingerprint density at radius 1 is 1.45 bits per heavy atom. The summed E-state index contributed by atoms with van der Waals surface area (Å²) < 4.78 is 0. The molecule has 1 N–H and O–H groups in total. The van der Waals surface area contributed by atoms with Crippen LogP contribution in [0.5, 0.6) is 0 Å². The maximum atomic E-state index is 10.8. The van der Waals surface area contributed by atoms with Crippen molar-refractivity contribution < 1.29 is 4.79 Å². The van der Waals surface area contributed by atoms with E-state index < -0.39 is 0 Å². The number of hydrogen-bond acceptors (Lipinski definition) is 1. The van der Waals surface area contributed by atoms with Gasteiger partial charge in [-0.25, -0.2) is 0 Å². The van der Waals surface area contributed by atoms with Gasteiger partial charge in [0.1, 0.15) is 0 Å². The molecule has 2 heteroatoms. The standard InChI is InChI=1S/C9H15NO/c1-6(11)10-8-5-9(2)3-7(8)4-9/h7-8H,3-5H2,1-2H3,(H,10,11). The van der Waals surface area contributed by atoms with E-state index in [1.165, 1.54) is 19.3 Å². The lowest BCUT2D eigenvalue weighted by Crippen LogP contribution is -2.35. The van der Waals surface area contributed by atoms with E-state index >= 15 is 0 Å². The van der Waals surface area contributed by atoms with Crippen molar-refractivity contribution in [2.75, 3.05) is 0 Å². The van der Waals surface area contributed by atoms with Gasteiger partial charge in [0.15, 0.2) is 0 Å². The Balaban J connectivity index is 1.95. The minimum atomic E-state index is 0.131. The Morgan fingerprint density at radius 3 is 2.45 bits per heavy atom. The molecule has 0 aromatic rings. The lowest BCUT2D eigenvalue weighted by molar-refractivity contribution is -0.119. The van der Waals surface area contributed by atoms with E-state index in [0.717, 1.165) is 5.92 Å². The Bertz CT molecular complexity index is 194. The predicted molar refractivity (Wildman–Crippen MR) is 43.1 cm³/mol. The van der Waals surface area contributed by atoms with E-state index in [0.29, 0.717) is 11.5 Å². The molecule has 3 fully saturated rings. The van der Waals surface area contributed by atoms with Crippen LogP contribution in [0.2, 0.25) is 0 Å². The lowest BCUT2D eigenvalue weighted by atomic mass is 9.71. The number of carbonyl (C=O) groups excluding carboxylic acids is 1. The lowest BCUT2D eigenvalue weighted by Gasteiger charge is -2.34. The summed E-state index contributed by atoms with van der Waals surface area (Å²) in [4.78, 5) is 10.8. The van der Waals surface area contributed by atoms with E-state index in [1.54, 1.807) is 6.92 Å². The molecule has 0 heterocycles. The molecule has 0 radical (unpaired) electrons. The van der Waals surface area contributed by atoms with E-state index in [4.69, 9.17) is 0 Å². The minimum Gasteiger partial charge on any atom is -0.353 e.